The van der Waals surface area contributed by atoms with Gasteiger partial charge < -0.3 is 9.73 Å². The first kappa shape index (κ1) is 13.7. The molecule has 112 valence electrons. The third kappa shape index (κ3) is 2.71. The monoisotopic (exact) mass is 335 g/mol. The van der Waals surface area contributed by atoms with Crippen molar-refractivity contribution < 1.29 is 4.42 Å². The number of nitrogens with one attached hydrogen (secondary N) is 1. The van der Waals surface area contributed by atoms with Gasteiger partial charge in [-0.1, -0.05) is 23.2 Å². The fraction of sp³-hybridized carbons (Fsp3) is 0.286. The molecular formula is C14H11Cl2N5O. The molecule has 2 heterocycles. The molecule has 0 aliphatic heterocycles. The van der Waals surface area contributed by atoms with Gasteiger partial charge in [-0.2, -0.15) is 0 Å². The highest BCUT2D eigenvalue weighted by Crippen LogP contribution is 2.39. The van der Waals surface area contributed by atoms with Crippen LogP contribution >= 0.6 is 23.2 Å². The molecule has 1 saturated carbocycles. The van der Waals surface area contributed by atoms with Crippen LogP contribution in [0.25, 0.3) is 11.0 Å². The van der Waals surface area contributed by atoms with E-state index in [1.807, 2.05) is 0 Å². The van der Waals surface area contributed by atoms with E-state index in [9.17, 15) is 0 Å². The van der Waals surface area contributed by atoms with E-state index in [-0.39, 0.29) is 0 Å². The van der Waals surface area contributed by atoms with Crippen LogP contribution in [0.1, 0.15) is 30.5 Å². The van der Waals surface area contributed by atoms with E-state index in [4.69, 9.17) is 27.6 Å². The summed E-state index contributed by atoms with van der Waals surface area (Å²) in [6.45, 7) is 0.404. The molecule has 0 unspecified atom stereocenters. The number of rotatable bonds is 4. The minimum absolute atomic E-state index is 0.404. The summed E-state index contributed by atoms with van der Waals surface area (Å²) in [5.74, 6) is 2.33. The summed E-state index contributed by atoms with van der Waals surface area (Å²) in [6, 6.07) is 3.38. The minimum atomic E-state index is 0.404. The Bertz CT molecular complexity index is 846. The van der Waals surface area contributed by atoms with Crippen LogP contribution in [0.15, 0.2) is 22.7 Å². The summed E-state index contributed by atoms with van der Waals surface area (Å²) in [5.41, 5.74) is 1.36. The van der Waals surface area contributed by atoms with Crippen molar-refractivity contribution in [2.75, 3.05) is 5.32 Å². The molecule has 8 heteroatoms. The van der Waals surface area contributed by atoms with Gasteiger partial charge in [-0.15, -0.1) is 10.2 Å². The van der Waals surface area contributed by atoms with E-state index < -0.39 is 0 Å². The second-order valence-electron chi connectivity index (χ2n) is 5.17. The molecule has 6 nitrogen and oxygen atoms in total. The Labute approximate surface area is 135 Å². The summed E-state index contributed by atoms with van der Waals surface area (Å²) in [5, 5.41) is 12.1. The number of hydrogen-bond donors (Lipinski definition) is 1. The normalized spacial score (nSPS) is 14.5. The summed E-state index contributed by atoms with van der Waals surface area (Å²) >= 11 is 12.0. The Morgan fingerprint density at radius 3 is 2.68 bits per heavy atom. The van der Waals surface area contributed by atoms with Crippen LogP contribution in [0.3, 0.4) is 0 Å². The van der Waals surface area contributed by atoms with Crippen molar-refractivity contribution in [1.29, 1.82) is 0 Å². The maximum absolute atomic E-state index is 6.00. The van der Waals surface area contributed by atoms with E-state index in [0.29, 0.717) is 45.2 Å². The maximum atomic E-state index is 6.00. The zero-order valence-corrected chi connectivity index (χ0v) is 12.9. The second kappa shape index (κ2) is 5.37. The van der Waals surface area contributed by atoms with Gasteiger partial charge >= 0.3 is 0 Å². The van der Waals surface area contributed by atoms with Crippen molar-refractivity contribution in [2.45, 2.75) is 25.3 Å². The third-order valence-electron chi connectivity index (χ3n) is 3.41. The van der Waals surface area contributed by atoms with Crippen molar-refractivity contribution in [3.8, 4) is 0 Å². The summed E-state index contributed by atoms with van der Waals surface area (Å²) < 4.78 is 5.58. The number of fused-ring (bicyclic) bond motifs is 1. The van der Waals surface area contributed by atoms with Crippen molar-refractivity contribution in [3.05, 3.63) is 40.2 Å². The molecular weight excluding hydrogens is 325 g/mol. The fourth-order valence-corrected chi connectivity index (χ4v) is 2.41. The van der Waals surface area contributed by atoms with Gasteiger partial charge in [0.15, 0.2) is 0 Å². The number of nitrogens with zero attached hydrogens (tertiary/aromatic N) is 4. The van der Waals surface area contributed by atoms with Crippen molar-refractivity contribution in [3.63, 3.8) is 0 Å². The van der Waals surface area contributed by atoms with E-state index in [2.05, 4.69) is 25.5 Å². The van der Waals surface area contributed by atoms with Crippen molar-refractivity contribution in [2.24, 2.45) is 0 Å². The molecule has 3 aromatic rings. The Morgan fingerprint density at radius 1 is 1.14 bits per heavy atom. The first-order chi connectivity index (χ1) is 10.7. The average molecular weight is 336 g/mol. The van der Waals surface area contributed by atoms with Crippen LogP contribution in [0.5, 0.6) is 0 Å². The van der Waals surface area contributed by atoms with Gasteiger partial charge in [0.2, 0.25) is 11.8 Å². The third-order valence-corrected chi connectivity index (χ3v) is 4.14. The molecule has 1 fully saturated rings. The van der Waals surface area contributed by atoms with Crippen molar-refractivity contribution in [1.82, 2.24) is 20.2 Å². The first-order valence-corrected chi connectivity index (χ1v) is 7.62. The van der Waals surface area contributed by atoms with E-state index >= 15 is 0 Å². The number of hydrogen-bond acceptors (Lipinski definition) is 6. The first-order valence-electron chi connectivity index (χ1n) is 6.87. The Morgan fingerprint density at radius 2 is 1.91 bits per heavy atom. The Balaban J connectivity index is 1.51. The lowest BCUT2D eigenvalue weighted by molar-refractivity contribution is 0.457. The Kier molecular flexibility index (Phi) is 3.35. The molecule has 0 bridgehead atoms. The summed E-state index contributed by atoms with van der Waals surface area (Å²) in [7, 11) is 0. The highest BCUT2D eigenvalue weighted by atomic mass is 35.5. The van der Waals surface area contributed by atoms with Crippen LogP contribution in [-0.2, 0) is 6.54 Å². The molecule has 0 spiro atoms. The average Bonchev–Trinajstić information content (AvgIpc) is 3.25. The number of aromatic nitrogens is 4. The lowest BCUT2D eigenvalue weighted by Crippen LogP contribution is -2.02. The van der Waals surface area contributed by atoms with Gasteiger partial charge in [0.05, 0.1) is 33.8 Å². The second-order valence-corrected chi connectivity index (χ2v) is 5.99. The predicted octanol–water partition coefficient (Wildman–Crippen LogP) is 3.81. The van der Waals surface area contributed by atoms with Gasteiger partial charge in [0.1, 0.15) is 5.82 Å². The van der Waals surface area contributed by atoms with Gasteiger partial charge in [-0.3, -0.25) is 4.98 Å². The lowest BCUT2D eigenvalue weighted by atomic mass is 10.3. The molecule has 2 aromatic heterocycles. The SMILES string of the molecule is Clc1cc2ncc(NCc3nnc(C4CC4)o3)nc2cc1Cl. The van der Waals surface area contributed by atoms with Gasteiger partial charge in [0, 0.05) is 5.92 Å². The lowest BCUT2D eigenvalue weighted by Gasteiger charge is -2.05. The molecule has 1 aliphatic carbocycles. The molecule has 22 heavy (non-hydrogen) atoms. The summed E-state index contributed by atoms with van der Waals surface area (Å²) in [4.78, 5) is 8.74. The van der Waals surface area contributed by atoms with Crippen molar-refractivity contribution >= 4 is 40.1 Å². The molecule has 4 rings (SSSR count). The topological polar surface area (TPSA) is 76.7 Å². The van der Waals surface area contributed by atoms with Crippen LogP contribution in [0, 0.1) is 0 Å². The smallest absolute Gasteiger partial charge is 0.235 e. The van der Waals surface area contributed by atoms with Gasteiger partial charge in [-0.05, 0) is 25.0 Å². The highest BCUT2D eigenvalue weighted by Gasteiger charge is 2.29. The standard InChI is InChI=1S/C14H11Cl2N5O/c15-8-3-10-11(4-9(8)16)19-12(5-17-10)18-6-13-20-21-14(22-13)7-1-2-7/h3-5,7H,1-2,6H2,(H,18,19). The van der Waals surface area contributed by atoms with E-state index in [1.54, 1.807) is 18.3 Å². The maximum Gasteiger partial charge on any atom is 0.235 e. The zero-order chi connectivity index (χ0) is 15.1. The highest BCUT2D eigenvalue weighted by molar-refractivity contribution is 6.42. The van der Waals surface area contributed by atoms with E-state index in [1.165, 1.54) is 0 Å². The minimum Gasteiger partial charge on any atom is -0.423 e. The van der Waals surface area contributed by atoms with E-state index in [0.717, 1.165) is 18.7 Å². The summed E-state index contributed by atoms with van der Waals surface area (Å²) in [6.07, 6.45) is 3.90. The Hall–Kier alpha value is -1.92. The van der Waals surface area contributed by atoms with Crippen LogP contribution in [-0.4, -0.2) is 20.2 Å². The van der Waals surface area contributed by atoms with Crippen LogP contribution < -0.4 is 5.32 Å². The number of anilines is 1. The van der Waals surface area contributed by atoms with Gasteiger partial charge in [-0.25, -0.2) is 4.98 Å². The molecule has 1 N–H and O–H groups in total. The van der Waals surface area contributed by atoms with Gasteiger partial charge in [0.25, 0.3) is 0 Å². The van der Waals surface area contributed by atoms with Crippen LogP contribution in [0.4, 0.5) is 5.82 Å². The molecule has 0 radical (unpaired) electrons. The number of benzene rings is 1. The molecule has 0 saturated heterocycles. The fourth-order valence-electron chi connectivity index (χ4n) is 2.09. The quantitative estimate of drug-likeness (QED) is 0.781. The molecule has 1 aliphatic rings. The molecule has 1 aromatic carbocycles. The zero-order valence-electron chi connectivity index (χ0n) is 11.4. The van der Waals surface area contributed by atoms with Crippen LogP contribution in [0.2, 0.25) is 10.0 Å². The largest absolute Gasteiger partial charge is 0.423 e. The predicted molar refractivity (Wildman–Crippen MR) is 83.2 cm³/mol. The number of halogens is 2. The molecule has 0 amide bonds. The molecule has 0 atom stereocenters.